The molecule has 2 aliphatic rings. The molecule has 0 spiro atoms. The number of nitrogens with zero attached hydrogens (tertiary/aromatic N) is 2. The van der Waals surface area contributed by atoms with Crippen molar-refractivity contribution >= 4 is 5.91 Å². The molecule has 5 nitrogen and oxygen atoms in total. The van der Waals surface area contributed by atoms with Gasteiger partial charge in [0, 0.05) is 45.3 Å². The maximum atomic E-state index is 11.7. The first-order valence-electron chi connectivity index (χ1n) is 7.65. The molecule has 0 aromatic heterocycles. The van der Waals surface area contributed by atoms with Gasteiger partial charge in [-0.05, 0) is 19.9 Å². The highest BCUT2D eigenvalue weighted by Crippen LogP contribution is 2.17. The van der Waals surface area contributed by atoms with Crippen molar-refractivity contribution < 1.29 is 4.79 Å². The van der Waals surface area contributed by atoms with Gasteiger partial charge in [-0.25, -0.2) is 0 Å². The molecule has 1 heterocycles. The summed E-state index contributed by atoms with van der Waals surface area (Å²) in [5.74, 6) is 0.140. The van der Waals surface area contributed by atoms with Crippen molar-refractivity contribution in [2.75, 3.05) is 52.9 Å². The van der Waals surface area contributed by atoms with E-state index < -0.39 is 0 Å². The van der Waals surface area contributed by atoms with E-state index in [9.17, 15) is 4.79 Å². The fourth-order valence-electron chi connectivity index (χ4n) is 2.85. The molecule has 1 aliphatic heterocycles. The van der Waals surface area contributed by atoms with Gasteiger partial charge in [0.15, 0.2) is 0 Å². The fourth-order valence-corrected chi connectivity index (χ4v) is 2.85. The van der Waals surface area contributed by atoms with Gasteiger partial charge in [-0.1, -0.05) is 12.8 Å². The van der Waals surface area contributed by atoms with Crippen LogP contribution in [0.1, 0.15) is 25.7 Å². The molecular weight excluding hydrogens is 240 g/mol. The zero-order valence-electron chi connectivity index (χ0n) is 12.2. The second kappa shape index (κ2) is 7.82. The van der Waals surface area contributed by atoms with Crippen LogP contribution >= 0.6 is 0 Å². The second-order valence-electron chi connectivity index (χ2n) is 5.86. The second-order valence-corrected chi connectivity index (χ2v) is 5.86. The molecule has 0 atom stereocenters. The molecule has 0 bridgehead atoms. The molecule has 0 aromatic rings. The monoisotopic (exact) mass is 268 g/mol. The fraction of sp³-hybridized carbons (Fsp3) is 0.929. The molecule has 0 aromatic carbocycles. The largest absolute Gasteiger partial charge is 0.354 e. The SMILES string of the molecule is CN1CCN(CCNC(=O)CNC2CCCC2)CC1. The van der Waals surface area contributed by atoms with Crippen molar-refractivity contribution in [1.29, 1.82) is 0 Å². The lowest BCUT2D eigenvalue weighted by atomic mass is 10.2. The first-order chi connectivity index (χ1) is 9.24. The van der Waals surface area contributed by atoms with E-state index in [1.54, 1.807) is 0 Å². The molecule has 1 aliphatic carbocycles. The molecule has 19 heavy (non-hydrogen) atoms. The van der Waals surface area contributed by atoms with Gasteiger partial charge in [0.1, 0.15) is 0 Å². The van der Waals surface area contributed by atoms with E-state index in [4.69, 9.17) is 0 Å². The number of rotatable bonds is 6. The summed E-state index contributed by atoms with van der Waals surface area (Å²) in [5, 5.41) is 6.35. The van der Waals surface area contributed by atoms with E-state index in [2.05, 4.69) is 27.5 Å². The Morgan fingerprint density at radius 3 is 2.53 bits per heavy atom. The minimum absolute atomic E-state index is 0.140. The topological polar surface area (TPSA) is 47.6 Å². The summed E-state index contributed by atoms with van der Waals surface area (Å²) in [6.07, 6.45) is 5.08. The molecule has 1 amide bonds. The van der Waals surface area contributed by atoms with Gasteiger partial charge in [0.25, 0.3) is 0 Å². The van der Waals surface area contributed by atoms with E-state index in [-0.39, 0.29) is 5.91 Å². The van der Waals surface area contributed by atoms with E-state index in [1.165, 1.54) is 25.7 Å². The highest BCUT2D eigenvalue weighted by Gasteiger charge is 2.16. The number of piperazine rings is 1. The first kappa shape index (κ1) is 14.8. The Labute approximate surface area is 116 Å². The Bertz CT molecular complexity index is 271. The number of nitrogens with one attached hydrogen (secondary N) is 2. The van der Waals surface area contributed by atoms with Crippen LogP contribution in [0.2, 0.25) is 0 Å². The summed E-state index contributed by atoms with van der Waals surface area (Å²) in [4.78, 5) is 16.5. The smallest absolute Gasteiger partial charge is 0.234 e. The van der Waals surface area contributed by atoms with Gasteiger partial charge in [-0.2, -0.15) is 0 Å². The minimum atomic E-state index is 0.140. The van der Waals surface area contributed by atoms with Gasteiger partial charge in [0.2, 0.25) is 5.91 Å². The van der Waals surface area contributed by atoms with E-state index >= 15 is 0 Å². The van der Waals surface area contributed by atoms with Crippen molar-refractivity contribution in [3.05, 3.63) is 0 Å². The van der Waals surface area contributed by atoms with Gasteiger partial charge in [0.05, 0.1) is 6.54 Å². The van der Waals surface area contributed by atoms with Gasteiger partial charge in [-0.15, -0.1) is 0 Å². The Hall–Kier alpha value is -0.650. The summed E-state index contributed by atoms with van der Waals surface area (Å²) >= 11 is 0. The zero-order valence-corrected chi connectivity index (χ0v) is 12.2. The summed E-state index contributed by atoms with van der Waals surface area (Å²) < 4.78 is 0. The van der Waals surface area contributed by atoms with Crippen molar-refractivity contribution in [2.45, 2.75) is 31.7 Å². The van der Waals surface area contributed by atoms with Crippen molar-refractivity contribution in [3.8, 4) is 0 Å². The van der Waals surface area contributed by atoms with Crippen LogP contribution in [0.5, 0.6) is 0 Å². The van der Waals surface area contributed by atoms with Crippen LogP contribution in [0.4, 0.5) is 0 Å². The molecule has 2 rings (SSSR count). The Morgan fingerprint density at radius 1 is 1.16 bits per heavy atom. The van der Waals surface area contributed by atoms with Crippen molar-refractivity contribution in [2.24, 2.45) is 0 Å². The van der Waals surface area contributed by atoms with E-state index in [1.807, 2.05) is 0 Å². The average Bonchev–Trinajstić information content (AvgIpc) is 2.92. The molecule has 110 valence electrons. The number of likely N-dealkylation sites (N-methyl/N-ethyl adjacent to an activating group) is 1. The molecule has 2 N–H and O–H groups in total. The lowest BCUT2D eigenvalue weighted by molar-refractivity contribution is -0.120. The lowest BCUT2D eigenvalue weighted by Crippen LogP contribution is -2.47. The Kier molecular flexibility index (Phi) is 6.07. The number of hydrogen-bond acceptors (Lipinski definition) is 4. The van der Waals surface area contributed by atoms with Crippen molar-refractivity contribution in [1.82, 2.24) is 20.4 Å². The van der Waals surface area contributed by atoms with E-state index in [0.717, 1.165) is 39.3 Å². The summed E-state index contributed by atoms with van der Waals surface area (Å²) in [5.41, 5.74) is 0. The summed E-state index contributed by atoms with van der Waals surface area (Å²) in [7, 11) is 2.16. The third-order valence-electron chi connectivity index (χ3n) is 4.25. The van der Waals surface area contributed by atoms with Crippen LogP contribution in [0.15, 0.2) is 0 Å². The third kappa shape index (κ3) is 5.47. The van der Waals surface area contributed by atoms with Gasteiger partial charge >= 0.3 is 0 Å². The standard InChI is InChI=1S/C14H28N4O/c1-17-8-10-18(11-9-17)7-6-15-14(19)12-16-13-4-2-3-5-13/h13,16H,2-12H2,1H3,(H,15,19). The molecule has 0 radical (unpaired) electrons. The van der Waals surface area contributed by atoms with Crippen LogP contribution in [0.3, 0.4) is 0 Å². The number of carbonyl (C=O) groups is 1. The predicted molar refractivity (Wildman–Crippen MR) is 77.2 cm³/mol. The van der Waals surface area contributed by atoms with Crippen molar-refractivity contribution in [3.63, 3.8) is 0 Å². The van der Waals surface area contributed by atoms with Crippen LogP contribution in [-0.2, 0) is 4.79 Å². The average molecular weight is 268 g/mol. The third-order valence-corrected chi connectivity index (χ3v) is 4.25. The molecular formula is C14H28N4O. The van der Waals surface area contributed by atoms with Crippen LogP contribution < -0.4 is 10.6 Å². The Morgan fingerprint density at radius 2 is 1.84 bits per heavy atom. The summed E-state index contributed by atoms with van der Waals surface area (Å²) in [6, 6.07) is 0.573. The maximum absolute atomic E-state index is 11.7. The molecule has 2 fully saturated rings. The predicted octanol–water partition coefficient (Wildman–Crippen LogP) is -0.118. The molecule has 1 saturated carbocycles. The molecule has 0 unspecified atom stereocenters. The van der Waals surface area contributed by atoms with Gasteiger partial charge in [-0.3, -0.25) is 9.69 Å². The highest BCUT2D eigenvalue weighted by atomic mass is 16.1. The first-order valence-corrected chi connectivity index (χ1v) is 7.65. The number of hydrogen-bond donors (Lipinski definition) is 2. The lowest BCUT2D eigenvalue weighted by Gasteiger charge is -2.32. The quantitative estimate of drug-likeness (QED) is 0.705. The number of carbonyl (C=O) groups excluding carboxylic acids is 1. The zero-order chi connectivity index (χ0) is 13.5. The Balaban J connectivity index is 1.49. The number of amides is 1. The van der Waals surface area contributed by atoms with Gasteiger partial charge < -0.3 is 15.5 Å². The minimum Gasteiger partial charge on any atom is -0.354 e. The van der Waals surface area contributed by atoms with E-state index in [0.29, 0.717) is 12.6 Å². The normalized spacial score (nSPS) is 22.8. The highest BCUT2D eigenvalue weighted by molar-refractivity contribution is 5.77. The molecule has 5 heteroatoms. The van der Waals surface area contributed by atoms with Crippen LogP contribution in [0, 0.1) is 0 Å². The van der Waals surface area contributed by atoms with Crippen LogP contribution in [0.25, 0.3) is 0 Å². The van der Waals surface area contributed by atoms with Crippen LogP contribution in [-0.4, -0.2) is 74.6 Å². The maximum Gasteiger partial charge on any atom is 0.234 e. The molecule has 1 saturated heterocycles. The summed E-state index contributed by atoms with van der Waals surface area (Å²) in [6.45, 7) is 6.74.